The van der Waals surface area contributed by atoms with E-state index in [-0.39, 0.29) is 24.9 Å². The van der Waals surface area contributed by atoms with Crippen molar-refractivity contribution in [3.8, 4) is 0 Å². The number of amides is 1. The molecule has 0 fully saturated rings. The van der Waals surface area contributed by atoms with Crippen LogP contribution in [0, 0.1) is 0 Å². The Labute approximate surface area is 416 Å². The van der Waals surface area contributed by atoms with Crippen LogP contribution in [0.3, 0.4) is 0 Å². The Morgan fingerprint density at radius 1 is 0.433 bits per heavy atom. The van der Waals surface area contributed by atoms with Crippen LogP contribution in [-0.2, 0) is 14.3 Å². The quantitative estimate of drug-likeness (QED) is 0.0321. The Balaban J connectivity index is 4.62. The summed E-state index contributed by atoms with van der Waals surface area (Å²) in [6, 6.07) is -0.718. The molecule has 0 bridgehead atoms. The van der Waals surface area contributed by atoms with E-state index < -0.39 is 18.2 Å². The average molecular weight is 939 g/mol. The zero-order valence-electron chi connectivity index (χ0n) is 44.5. The van der Waals surface area contributed by atoms with Crippen LogP contribution in [0.15, 0.2) is 60.8 Å². The third-order valence-corrected chi connectivity index (χ3v) is 13.2. The molecule has 0 saturated heterocycles. The second-order valence-corrected chi connectivity index (χ2v) is 19.8. The molecule has 0 spiro atoms. The maximum Gasteiger partial charge on any atom is 0.306 e. The average Bonchev–Trinajstić information content (AvgIpc) is 3.32. The van der Waals surface area contributed by atoms with E-state index in [9.17, 15) is 19.8 Å². The first-order chi connectivity index (χ1) is 33.0. The van der Waals surface area contributed by atoms with Gasteiger partial charge < -0.3 is 20.3 Å². The first-order valence-corrected chi connectivity index (χ1v) is 29.1. The van der Waals surface area contributed by atoms with Crippen molar-refractivity contribution in [3.63, 3.8) is 0 Å². The number of allylic oxidation sites excluding steroid dienone is 10. The third kappa shape index (κ3) is 49.8. The number of rotatable bonds is 52. The largest absolute Gasteiger partial charge is 0.462 e. The Hall–Kier alpha value is -2.44. The molecule has 3 atom stereocenters. The lowest BCUT2D eigenvalue weighted by molar-refractivity contribution is -0.151. The number of unbranched alkanes of at least 4 members (excludes halogenated alkanes) is 33. The number of aliphatic hydroxyl groups excluding tert-OH is 2. The monoisotopic (exact) mass is 938 g/mol. The number of ether oxygens (including phenoxy) is 1. The molecule has 3 unspecified atom stereocenters. The van der Waals surface area contributed by atoms with E-state index in [0.717, 1.165) is 77.0 Å². The summed E-state index contributed by atoms with van der Waals surface area (Å²) in [4.78, 5) is 26.3. The van der Waals surface area contributed by atoms with Gasteiger partial charge >= 0.3 is 5.97 Å². The summed E-state index contributed by atoms with van der Waals surface area (Å²) in [6.45, 7) is 6.45. The highest BCUT2D eigenvalue weighted by atomic mass is 16.5. The molecular formula is C61H111NO5. The van der Waals surface area contributed by atoms with Crippen LogP contribution in [0.1, 0.15) is 290 Å². The number of aliphatic hydroxyl groups is 2. The van der Waals surface area contributed by atoms with Crippen molar-refractivity contribution in [1.82, 2.24) is 5.32 Å². The van der Waals surface area contributed by atoms with Gasteiger partial charge in [0.1, 0.15) is 6.10 Å². The lowest BCUT2D eigenvalue weighted by atomic mass is 10.0. The van der Waals surface area contributed by atoms with Crippen LogP contribution in [0.5, 0.6) is 0 Å². The van der Waals surface area contributed by atoms with Crippen molar-refractivity contribution in [2.24, 2.45) is 0 Å². The van der Waals surface area contributed by atoms with Gasteiger partial charge in [0.2, 0.25) is 5.91 Å². The maximum atomic E-state index is 13.3. The fourth-order valence-electron chi connectivity index (χ4n) is 8.72. The highest BCUT2D eigenvalue weighted by Crippen LogP contribution is 2.18. The zero-order valence-corrected chi connectivity index (χ0v) is 44.5. The highest BCUT2D eigenvalue weighted by molar-refractivity contribution is 5.77. The van der Waals surface area contributed by atoms with Gasteiger partial charge in [0, 0.05) is 6.42 Å². The number of hydrogen-bond donors (Lipinski definition) is 3. The second kappa shape index (κ2) is 54.5. The molecule has 1 amide bonds. The molecule has 0 aliphatic heterocycles. The van der Waals surface area contributed by atoms with Gasteiger partial charge in [-0.05, 0) is 77.0 Å². The van der Waals surface area contributed by atoms with Gasteiger partial charge in [0.05, 0.1) is 25.2 Å². The van der Waals surface area contributed by atoms with Crippen LogP contribution < -0.4 is 5.32 Å². The molecule has 0 aliphatic carbocycles. The fraction of sp³-hybridized carbons (Fsp3) is 0.803. The van der Waals surface area contributed by atoms with Crippen molar-refractivity contribution in [2.45, 2.75) is 309 Å². The summed E-state index contributed by atoms with van der Waals surface area (Å²) in [5.41, 5.74) is 0. The molecule has 0 aromatic rings. The zero-order chi connectivity index (χ0) is 48.8. The molecular weight excluding hydrogens is 827 g/mol. The number of hydrogen-bond acceptors (Lipinski definition) is 5. The highest BCUT2D eigenvalue weighted by Gasteiger charge is 2.24. The topological polar surface area (TPSA) is 95.9 Å². The van der Waals surface area contributed by atoms with E-state index in [1.54, 1.807) is 0 Å². The van der Waals surface area contributed by atoms with Gasteiger partial charge in [-0.25, -0.2) is 0 Å². The normalized spacial score (nSPS) is 13.6. The molecule has 0 aromatic carbocycles. The molecule has 0 heterocycles. The molecule has 67 heavy (non-hydrogen) atoms. The molecule has 0 radical (unpaired) electrons. The molecule has 390 valence electrons. The Bertz CT molecular complexity index is 1190. The standard InChI is InChI=1S/C61H111NO5/c1-4-7-10-13-16-19-22-25-28-30-33-35-38-41-44-47-50-53-59(64)58(56-63)62-60(65)55-57(52-49-46-43-40-37-34-32-29-26-23-20-17-14-11-8-5-2)67-61(66)54-51-48-45-42-39-36-31-27-24-21-18-15-12-9-6-3/h18,21,23-24,26-27,29,32,34,37,57-59,63-64H,4-17,19-20,22,25,28,30-31,33,35-36,38-56H2,1-3H3,(H,62,65)/b21-18+,26-23+,27-24+,32-29+,37-34+. The number of esters is 1. The van der Waals surface area contributed by atoms with Crippen molar-refractivity contribution in [3.05, 3.63) is 60.8 Å². The van der Waals surface area contributed by atoms with Gasteiger partial charge in [0.25, 0.3) is 0 Å². The van der Waals surface area contributed by atoms with Gasteiger partial charge in [-0.15, -0.1) is 0 Å². The minimum atomic E-state index is -0.802. The van der Waals surface area contributed by atoms with Crippen LogP contribution >= 0.6 is 0 Å². The van der Waals surface area contributed by atoms with E-state index in [0.29, 0.717) is 19.3 Å². The SMILES string of the molecule is CCCCC/C=C/C=C/CCCCCCCCC(=O)OC(CCCCC/C=C/C=C/C=C/CCCCCCC)CC(=O)NC(CO)C(O)CCCCCCCCCCCCCCCCCCC. The van der Waals surface area contributed by atoms with Crippen molar-refractivity contribution in [2.75, 3.05) is 6.61 Å². The summed E-state index contributed by atoms with van der Waals surface area (Å²) >= 11 is 0. The molecule has 0 aliphatic rings. The van der Waals surface area contributed by atoms with Gasteiger partial charge in [-0.3, -0.25) is 9.59 Å². The minimum Gasteiger partial charge on any atom is -0.462 e. The minimum absolute atomic E-state index is 0.0497. The Kier molecular flexibility index (Phi) is 52.5. The maximum absolute atomic E-state index is 13.3. The van der Waals surface area contributed by atoms with E-state index in [2.05, 4.69) is 86.8 Å². The van der Waals surface area contributed by atoms with Crippen molar-refractivity contribution < 1.29 is 24.5 Å². The van der Waals surface area contributed by atoms with Crippen LogP contribution in [-0.4, -0.2) is 46.9 Å². The Morgan fingerprint density at radius 2 is 0.761 bits per heavy atom. The van der Waals surface area contributed by atoms with Gasteiger partial charge in [-0.1, -0.05) is 261 Å². The molecule has 0 rings (SSSR count). The predicted molar refractivity (Wildman–Crippen MR) is 292 cm³/mol. The molecule has 0 saturated carbocycles. The number of nitrogens with one attached hydrogen (secondary N) is 1. The van der Waals surface area contributed by atoms with Crippen LogP contribution in [0.4, 0.5) is 0 Å². The lowest BCUT2D eigenvalue weighted by Gasteiger charge is -2.24. The fourth-order valence-corrected chi connectivity index (χ4v) is 8.72. The summed E-state index contributed by atoms with van der Waals surface area (Å²) < 4.78 is 5.94. The number of carbonyl (C=O) groups is 2. The summed E-state index contributed by atoms with van der Waals surface area (Å²) in [5.74, 6) is -0.514. The summed E-state index contributed by atoms with van der Waals surface area (Å²) in [5, 5.41) is 23.9. The van der Waals surface area contributed by atoms with Crippen LogP contribution in [0.2, 0.25) is 0 Å². The number of carbonyl (C=O) groups excluding carboxylic acids is 2. The first kappa shape index (κ1) is 64.6. The van der Waals surface area contributed by atoms with Crippen molar-refractivity contribution in [1.29, 1.82) is 0 Å². The molecule has 3 N–H and O–H groups in total. The molecule has 6 heteroatoms. The van der Waals surface area contributed by atoms with Gasteiger partial charge in [0.15, 0.2) is 0 Å². The van der Waals surface area contributed by atoms with Crippen molar-refractivity contribution >= 4 is 11.9 Å². The second-order valence-electron chi connectivity index (χ2n) is 19.8. The predicted octanol–water partition coefficient (Wildman–Crippen LogP) is 18.0. The van der Waals surface area contributed by atoms with E-state index in [1.165, 1.54) is 167 Å². The first-order valence-electron chi connectivity index (χ1n) is 29.1. The van der Waals surface area contributed by atoms with Crippen LogP contribution in [0.25, 0.3) is 0 Å². The smallest absolute Gasteiger partial charge is 0.306 e. The van der Waals surface area contributed by atoms with Gasteiger partial charge in [-0.2, -0.15) is 0 Å². The van der Waals surface area contributed by atoms with E-state index >= 15 is 0 Å². The molecule has 6 nitrogen and oxygen atoms in total. The lowest BCUT2D eigenvalue weighted by Crippen LogP contribution is -2.46. The third-order valence-electron chi connectivity index (χ3n) is 13.2. The summed E-state index contributed by atoms with van der Waals surface area (Å²) in [7, 11) is 0. The molecule has 0 aromatic heterocycles. The van der Waals surface area contributed by atoms with E-state index in [1.807, 2.05) is 0 Å². The van der Waals surface area contributed by atoms with E-state index in [4.69, 9.17) is 4.74 Å². The summed E-state index contributed by atoms with van der Waals surface area (Å²) in [6.07, 6.45) is 68.5. The Morgan fingerprint density at radius 3 is 1.19 bits per heavy atom.